The fourth-order valence-electron chi connectivity index (χ4n) is 2.49. The number of nitrogens with two attached hydrogens (primary N) is 1. The molecule has 0 saturated heterocycles. The third-order valence-corrected chi connectivity index (χ3v) is 3.60. The number of pyridine rings is 1. The number of hydrogen-bond donors (Lipinski definition) is 1. The highest BCUT2D eigenvalue weighted by Gasteiger charge is 2.30. The largest absolute Gasteiger partial charge is 0.325 e. The maximum Gasteiger partial charge on any atom is 0.166 e. The molecule has 92 valence electrons. The van der Waals surface area contributed by atoms with Crippen molar-refractivity contribution in [3.63, 3.8) is 0 Å². The molecule has 0 unspecified atom stereocenters. The van der Waals surface area contributed by atoms with Crippen molar-refractivity contribution >= 4 is 5.78 Å². The number of rotatable bonds is 3. The molecule has 1 aliphatic rings. The van der Waals surface area contributed by atoms with Gasteiger partial charge in [0.15, 0.2) is 5.78 Å². The van der Waals surface area contributed by atoms with Crippen molar-refractivity contribution in [1.82, 2.24) is 4.98 Å². The van der Waals surface area contributed by atoms with Crippen molar-refractivity contribution in [1.29, 1.82) is 0 Å². The lowest BCUT2D eigenvalue weighted by atomic mass is 9.78. The molecule has 0 aliphatic heterocycles. The number of ketones is 1. The lowest BCUT2D eigenvalue weighted by molar-refractivity contribution is 0.0934. The van der Waals surface area contributed by atoms with E-state index in [4.69, 9.17) is 5.73 Å². The van der Waals surface area contributed by atoms with Gasteiger partial charge in [0.2, 0.25) is 0 Å². The molecule has 3 heteroatoms. The molecular formula is C14H20N2O. The minimum Gasteiger partial charge on any atom is -0.325 e. The Morgan fingerprint density at radius 3 is 2.65 bits per heavy atom. The Hall–Kier alpha value is -1.22. The molecule has 0 atom stereocenters. The van der Waals surface area contributed by atoms with Crippen LogP contribution in [-0.2, 0) is 0 Å². The van der Waals surface area contributed by atoms with Gasteiger partial charge >= 0.3 is 0 Å². The molecular weight excluding hydrogens is 212 g/mol. The van der Waals surface area contributed by atoms with Gasteiger partial charge in [-0.15, -0.1) is 0 Å². The maximum absolute atomic E-state index is 12.1. The summed E-state index contributed by atoms with van der Waals surface area (Å²) in [5.74, 6) is 0.127. The summed E-state index contributed by atoms with van der Waals surface area (Å²) in [6, 6.07) is 3.72. The second-order valence-electron chi connectivity index (χ2n) is 5.21. The van der Waals surface area contributed by atoms with Crippen LogP contribution in [0.4, 0.5) is 0 Å². The van der Waals surface area contributed by atoms with E-state index in [2.05, 4.69) is 4.98 Å². The first-order valence-corrected chi connectivity index (χ1v) is 6.34. The summed E-state index contributed by atoms with van der Waals surface area (Å²) in [4.78, 5) is 16.3. The SMILES string of the molecule is Cc1ccc(C(=O)CC2(N)CCCCC2)cn1. The third kappa shape index (κ3) is 3.13. The first kappa shape index (κ1) is 12.2. The van der Waals surface area contributed by atoms with Gasteiger partial charge in [0.25, 0.3) is 0 Å². The molecule has 3 nitrogen and oxygen atoms in total. The quantitative estimate of drug-likeness (QED) is 0.815. The van der Waals surface area contributed by atoms with Crippen LogP contribution < -0.4 is 5.73 Å². The van der Waals surface area contributed by atoms with Gasteiger partial charge in [-0.2, -0.15) is 0 Å². The monoisotopic (exact) mass is 232 g/mol. The average molecular weight is 232 g/mol. The van der Waals surface area contributed by atoms with Gasteiger partial charge in [-0.3, -0.25) is 9.78 Å². The summed E-state index contributed by atoms with van der Waals surface area (Å²) in [5.41, 5.74) is 7.63. The van der Waals surface area contributed by atoms with Gasteiger partial charge in [-0.05, 0) is 31.9 Å². The Morgan fingerprint density at radius 1 is 1.35 bits per heavy atom. The number of aryl methyl sites for hydroxylation is 1. The summed E-state index contributed by atoms with van der Waals surface area (Å²) >= 11 is 0. The van der Waals surface area contributed by atoms with Gasteiger partial charge in [0.05, 0.1) is 0 Å². The van der Waals surface area contributed by atoms with Crippen molar-refractivity contribution < 1.29 is 4.79 Å². The summed E-state index contributed by atoms with van der Waals surface area (Å²) in [5, 5.41) is 0. The van der Waals surface area contributed by atoms with Crippen LogP contribution in [-0.4, -0.2) is 16.3 Å². The molecule has 17 heavy (non-hydrogen) atoms. The minimum atomic E-state index is -0.278. The Morgan fingerprint density at radius 2 is 2.06 bits per heavy atom. The molecule has 2 rings (SSSR count). The Balaban J connectivity index is 2.03. The van der Waals surface area contributed by atoms with Crippen LogP contribution in [0.15, 0.2) is 18.3 Å². The summed E-state index contributed by atoms with van der Waals surface area (Å²) < 4.78 is 0. The minimum absolute atomic E-state index is 0.127. The zero-order valence-electron chi connectivity index (χ0n) is 10.4. The molecule has 1 aromatic rings. The van der Waals surface area contributed by atoms with E-state index in [0.29, 0.717) is 12.0 Å². The summed E-state index contributed by atoms with van der Waals surface area (Å²) in [6.45, 7) is 1.92. The zero-order chi connectivity index (χ0) is 12.3. The van der Waals surface area contributed by atoms with Crippen LogP contribution in [0, 0.1) is 6.92 Å². The predicted octanol–water partition coefficient (Wildman–Crippen LogP) is 2.62. The van der Waals surface area contributed by atoms with Crippen molar-refractivity contribution in [3.05, 3.63) is 29.6 Å². The van der Waals surface area contributed by atoms with Gasteiger partial charge in [-0.1, -0.05) is 19.3 Å². The van der Waals surface area contributed by atoms with Crippen molar-refractivity contribution in [2.45, 2.75) is 51.0 Å². The molecule has 2 N–H and O–H groups in total. The first-order chi connectivity index (χ1) is 8.09. The Kier molecular flexibility index (Phi) is 3.57. The lowest BCUT2D eigenvalue weighted by Gasteiger charge is -2.32. The fourth-order valence-corrected chi connectivity index (χ4v) is 2.49. The van der Waals surface area contributed by atoms with Crippen LogP contribution in [0.2, 0.25) is 0 Å². The van der Waals surface area contributed by atoms with Crippen molar-refractivity contribution in [2.24, 2.45) is 5.73 Å². The topological polar surface area (TPSA) is 56.0 Å². The predicted molar refractivity (Wildman–Crippen MR) is 67.9 cm³/mol. The van der Waals surface area contributed by atoms with Crippen LogP contribution in [0.1, 0.15) is 54.6 Å². The molecule has 1 saturated carbocycles. The molecule has 1 aromatic heterocycles. The van der Waals surface area contributed by atoms with E-state index in [9.17, 15) is 4.79 Å². The molecule has 0 radical (unpaired) electrons. The molecule has 0 aromatic carbocycles. The number of aromatic nitrogens is 1. The van der Waals surface area contributed by atoms with Crippen LogP contribution in [0.3, 0.4) is 0 Å². The van der Waals surface area contributed by atoms with E-state index < -0.39 is 0 Å². The highest BCUT2D eigenvalue weighted by molar-refractivity contribution is 5.96. The van der Waals surface area contributed by atoms with Gasteiger partial charge in [0.1, 0.15) is 0 Å². The van der Waals surface area contributed by atoms with E-state index in [1.54, 1.807) is 6.20 Å². The Labute approximate surface area is 102 Å². The molecule has 0 bridgehead atoms. The van der Waals surface area contributed by atoms with Gasteiger partial charge < -0.3 is 5.73 Å². The smallest absolute Gasteiger partial charge is 0.166 e. The second kappa shape index (κ2) is 4.96. The van der Waals surface area contributed by atoms with Gasteiger partial charge in [0, 0.05) is 29.4 Å². The molecule has 0 amide bonds. The van der Waals surface area contributed by atoms with E-state index >= 15 is 0 Å². The number of Topliss-reactive ketones (excluding diaryl/α,β-unsaturated/α-hetero) is 1. The molecule has 1 heterocycles. The third-order valence-electron chi connectivity index (χ3n) is 3.60. The van der Waals surface area contributed by atoms with Crippen LogP contribution in [0.5, 0.6) is 0 Å². The van der Waals surface area contributed by atoms with E-state index in [1.165, 1.54) is 6.42 Å². The Bertz CT molecular complexity index is 391. The van der Waals surface area contributed by atoms with E-state index in [0.717, 1.165) is 31.4 Å². The average Bonchev–Trinajstić information content (AvgIpc) is 2.30. The van der Waals surface area contributed by atoms with E-state index in [1.807, 2.05) is 19.1 Å². The number of hydrogen-bond acceptors (Lipinski definition) is 3. The molecule has 1 aliphatic carbocycles. The van der Waals surface area contributed by atoms with Crippen molar-refractivity contribution in [3.8, 4) is 0 Å². The molecule has 0 spiro atoms. The highest BCUT2D eigenvalue weighted by atomic mass is 16.1. The van der Waals surface area contributed by atoms with Crippen molar-refractivity contribution in [2.75, 3.05) is 0 Å². The van der Waals surface area contributed by atoms with Crippen LogP contribution in [0.25, 0.3) is 0 Å². The van der Waals surface area contributed by atoms with Crippen LogP contribution >= 0.6 is 0 Å². The number of carbonyl (C=O) groups excluding carboxylic acids is 1. The maximum atomic E-state index is 12.1. The lowest BCUT2D eigenvalue weighted by Crippen LogP contribution is -2.43. The zero-order valence-corrected chi connectivity index (χ0v) is 10.4. The number of carbonyl (C=O) groups is 1. The first-order valence-electron chi connectivity index (χ1n) is 6.34. The number of nitrogens with zero attached hydrogens (tertiary/aromatic N) is 1. The second-order valence-corrected chi connectivity index (χ2v) is 5.21. The standard InChI is InChI=1S/C14H20N2O/c1-11-5-6-12(10-16-11)13(17)9-14(15)7-3-2-4-8-14/h5-6,10H,2-4,7-9,15H2,1H3. The summed E-state index contributed by atoms with van der Waals surface area (Å²) in [7, 11) is 0. The van der Waals surface area contributed by atoms with E-state index in [-0.39, 0.29) is 11.3 Å². The molecule has 1 fully saturated rings. The normalized spacial score (nSPS) is 18.9. The highest BCUT2D eigenvalue weighted by Crippen LogP contribution is 2.29. The van der Waals surface area contributed by atoms with Gasteiger partial charge in [-0.25, -0.2) is 0 Å². The fraction of sp³-hybridized carbons (Fsp3) is 0.571. The summed E-state index contributed by atoms with van der Waals surface area (Å²) in [6.07, 6.45) is 7.60.